The van der Waals surface area contributed by atoms with Gasteiger partial charge in [0.2, 0.25) is 5.91 Å². The fourth-order valence-corrected chi connectivity index (χ4v) is 2.79. The number of methoxy groups -OCH3 is 1. The molecule has 6 heteroatoms. The van der Waals surface area contributed by atoms with E-state index in [1.807, 2.05) is 55.5 Å². The van der Waals surface area contributed by atoms with E-state index >= 15 is 0 Å². The standard InChI is InChI=1S/C24H23N3O3/c1-17-12-14-20(26-24(29)25-19-9-4-3-5-10-19)16-21(17)27-23(28)15-13-18-8-6-7-11-22(18)30-2/h3-16H,1-2H3,(H,27,28)(H2,25,26,29)/b15-13+. The second kappa shape index (κ2) is 9.93. The van der Waals surface area contributed by atoms with Crippen LogP contribution in [0.25, 0.3) is 6.08 Å². The third kappa shape index (κ3) is 5.72. The summed E-state index contributed by atoms with van der Waals surface area (Å²) in [6.07, 6.45) is 3.14. The number of urea groups is 1. The zero-order valence-corrected chi connectivity index (χ0v) is 16.8. The molecule has 3 aromatic carbocycles. The van der Waals surface area contributed by atoms with E-state index in [4.69, 9.17) is 4.74 Å². The van der Waals surface area contributed by atoms with Gasteiger partial charge < -0.3 is 20.7 Å². The van der Waals surface area contributed by atoms with E-state index in [2.05, 4.69) is 16.0 Å². The Morgan fingerprint density at radius 2 is 1.53 bits per heavy atom. The van der Waals surface area contributed by atoms with Gasteiger partial charge >= 0.3 is 6.03 Å². The van der Waals surface area contributed by atoms with Crippen molar-refractivity contribution in [3.05, 3.63) is 90.0 Å². The summed E-state index contributed by atoms with van der Waals surface area (Å²) in [6, 6.07) is 21.6. The van der Waals surface area contributed by atoms with Crippen LogP contribution in [0.4, 0.5) is 21.9 Å². The molecule has 30 heavy (non-hydrogen) atoms. The van der Waals surface area contributed by atoms with Gasteiger partial charge in [0.05, 0.1) is 7.11 Å². The van der Waals surface area contributed by atoms with Crippen molar-refractivity contribution < 1.29 is 14.3 Å². The van der Waals surface area contributed by atoms with Crippen LogP contribution in [0, 0.1) is 6.92 Å². The van der Waals surface area contributed by atoms with Gasteiger partial charge in [0.25, 0.3) is 0 Å². The Morgan fingerprint density at radius 1 is 0.833 bits per heavy atom. The summed E-state index contributed by atoms with van der Waals surface area (Å²) in [7, 11) is 1.59. The molecular formula is C24H23N3O3. The number of amides is 3. The number of aryl methyl sites for hydroxylation is 1. The predicted molar refractivity (Wildman–Crippen MR) is 121 cm³/mol. The van der Waals surface area contributed by atoms with Gasteiger partial charge in [-0.3, -0.25) is 4.79 Å². The van der Waals surface area contributed by atoms with Crippen LogP contribution in [0.5, 0.6) is 5.75 Å². The van der Waals surface area contributed by atoms with Crippen molar-refractivity contribution in [2.24, 2.45) is 0 Å². The van der Waals surface area contributed by atoms with Crippen molar-refractivity contribution in [2.45, 2.75) is 6.92 Å². The third-order valence-corrected chi connectivity index (χ3v) is 4.34. The Labute approximate surface area is 175 Å². The first-order chi connectivity index (χ1) is 14.5. The fraction of sp³-hybridized carbons (Fsp3) is 0.0833. The van der Waals surface area contributed by atoms with Crippen LogP contribution in [0.3, 0.4) is 0 Å². The highest BCUT2D eigenvalue weighted by atomic mass is 16.5. The molecule has 3 rings (SSSR count). The van der Waals surface area contributed by atoms with E-state index in [-0.39, 0.29) is 11.9 Å². The van der Waals surface area contributed by atoms with Gasteiger partial charge in [-0.2, -0.15) is 0 Å². The number of carbonyl (C=O) groups excluding carboxylic acids is 2. The molecule has 152 valence electrons. The second-order valence-electron chi connectivity index (χ2n) is 6.54. The van der Waals surface area contributed by atoms with E-state index in [9.17, 15) is 9.59 Å². The highest BCUT2D eigenvalue weighted by molar-refractivity contribution is 6.04. The van der Waals surface area contributed by atoms with Crippen LogP contribution >= 0.6 is 0 Å². The van der Waals surface area contributed by atoms with Crippen LogP contribution in [0.2, 0.25) is 0 Å². The maximum atomic E-state index is 12.4. The van der Waals surface area contributed by atoms with Crippen molar-refractivity contribution in [1.29, 1.82) is 0 Å². The number of hydrogen-bond donors (Lipinski definition) is 3. The molecule has 0 aliphatic rings. The lowest BCUT2D eigenvalue weighted by atomic mass is 10.1. The largest absolute Gasteiger partial charge is 0.496 e. The van der Waals surface area contributed by atoms with Gasteiger partial charge in [0, 0.05) is 28.7 Å². The predicted octanol–water partition coefficient (Wildman–Crippen LogP) is 5.30. The van der Waals surface area contributed by atoms with E-state index in [0.717, 1.165) is 11.1 Å². The number of benzene rings is 3. The zero-order chi connectivity index (χ0) is 21.3. The average Bonchev–Trinajstić information content (AvgIpc) is 2.75. The van der Waals surface area contributed by atoms with Gasteiger partial charge in [0.15, 0.2) is 0 Å². The summed E-state index contributed by atoms with van der Waals surface area (Å²) in [5, 5.41) is 8.37. The summed E-state index contributed by atoms with van der Waals surface area (Å²) in [5.74, 6) is 0.406. The fourth-order valence-electron chi connectivity index (χ4n) is 2.79. The number of anilines is 3. The lowest BCUT2D eigenvalue weighted by Gasteiger charge is -2.11. The van der Waals surface area contributed by atoms with Crippen LogP contribution < -0.4 is 20.7 Å². The highest BCUT2D eigenvalue weighted by Gasteiger charge is 2.07. The molecule has 0 aliphatic heterocycles. The number of para-hydroxylation sites is 2. The van der Waals surface area contributed by atoms with Crippen molar-refractivity contribution in [2.75, 3.05) is 23.1 Å². The Hall–Kier alpha value is -4.06. The summed E-state index contributed by atoms with van der Waals surface area (Å²) in [4.78, 5) is 24.6. The summed E-state index contributed by atoms with van der Waals surface area (Å²) < 4.78 is 5.28. The molecule has 0 aliphatic carbocycles. The van der Waals surface area contributed by atoms with Crippen LogP contribution in [0.1, 0.15) is 11.1 Å². The average molecular weight is 401 g/mol. The summed E-state index contributed by atoms with van der Waals surface area (Å²) in [6.45, 7) is 1.88. The maximum Gasteiger partial charge on any atom is 0.323 e. The maximum absolute atomic E-state index is 12.4. The minimum absolute atomic E-state index is 0.283. The van der Waals surface area contributed by atoms with Crippen LogP contribution in [-0.2, 0) is 4.79 Å². The molecule has 0 atom stereocenters. The third-order valence-electron chi connectivity index (χ3n) is 4.34. The smallest absolute Gasteiger partial charge is 0.323 e. The molecule has 0 aromatic heterocycles. The van der Waals surface area contributed by atoms with Crippen molar-refractivity contribution in [3.63, 3.8) is 0 Å². The first kappa shape index (κ1) is 20.7. The lowest BCUT2D eigenvalue weighted by Crippen LogP contribution is -2.19. The van der Waals surface area contributed by atoms with Crippen LogP contribution in [-0.4, -0.2) is 19.0 Å². The Kier molecular flexibility index (Phi) is 6.84. The summed E-state index contributed by atoms with van der Waals surface area (Å²) in [5.41, 5.74) is 3.56. The Bertz CT molecular complexity index is 1060. The van der Waals surface area contributed by atoms with Gasteiger partial charge in [-0.05, 0) is 48.9 Å². The first-order valence-corrected chi connectivity index (χ1v) is 9.41. The molecule has 3 aromatic rings. The van der Waals surface area contributed by atoms with Gasteiger partial charge in [-0.1, -0.05) is 42.5 Å². The van der Waals surface area contributed by atoms with Crippen molar-refractivity contribution in [1.82, 2.24) is 0 Å². The lowest BCUT2D eigenvalue weighted by molar-refractivity contribution is -0.111. The van der Waals surface area contributed by atoms with E-state index in [1.165, 1.54) is 6.08 Å². The Balaban J connectivity index is 1.65. The molecule has 0 saturated carbocycles. The molecular weight excluding hydrogens is 378 g/mol. The molecule has 0 saturated heterocycles. The highest BCUT2D eigenvalue weighted by Crippen LogP contribution is 2.22. The number of carbonyl (C=O) groups is 2. The molecule has 0 unspecified atom stereocenters. The van der Waals surface area contributed by atoms with Crippen molar-refractivity contribution >= 4 is 35.1 Å². The number of hydrogen-bond acceptors (Lipinski definition) is 3. The molecule has 0 spiro atoms. The SMILES string of the molecule is COc1ccccc1/C=C/C(=O)Nc1cc(NC(=O)Nc2ccccc2)ccc1C. The van der Waals surface area contributed by atoms with Gasteiger partial charge in [0.1, 0.15) is 5.75 Å². The minimum atomic E-state index is -0.363. The summed E-state index contributed by atoms with van der Waals surface area (Å²) >= 11 is 0. The molecule has 3 N–H and O–H groups in total. The molecule has 0 fully saturated rings. The molecule has 0 heterocycles. The number of nitrogens with one attached hydrogen (secondary N) is 3. The molecule has 3 amide bonds. The molecule has 0 radical (unpaired) electrons. The van der Waals surface area contributed by atoms with E-state index < -0.39 is 0 Å². The molecule has 6 nitrogen and oxygen atoms in total. The number of ether oxygens (including phenoxy) is 1. The van der Waals surface area contributed by atoms with Gasteiger partial charge in [-0.15, -0.1) is 0 Å². The van der Waals surface area contributed by atoms with E-state index in [0.29, 0.717) is 22.8 Å². The van der Waals surface area contributed by atoms with E-state index in [1.54, 1.807) is 37.5 Å². The second-order valence-corrected chi connectivity index (χ2v) is 6.54. The Morgan fingerprint density at radius 3 is 2.30 bits per heavy atom. The quantitative estimate of drug-likeness (QED) is 0.491. The van der Waals surface area contributed by atoms with Gasteiger partial charge in [-0.25, -0.2) is 4.79 Å². The van der Waals surface area contributed by atoms with Crippen LogP contribution in [0.15, 0.2) is 78.9 Å². The minimum Gasteiger partial charge on any atom is -0.496 e. The first-order valence-electron chi connectivity index (χ1n) is 9.41. The van der Waals surface area contributed by atoms with Crippen molar-refractivity contribution in [3.8, 4) is 5.75 Å². The monoisotopic (exact) mass is 401 g/mol. The normalized spacial score (nSPS) is 10.5. The number of rotatable bonds is 6. The topological polar surface area (TPSA) is 79.5 Å². The molecule has 0 bridgehead atoms. The zero-order valence-electron chi connectivity index (χ0n) is 16.8.